The SMILES string of the molecule is O=CNc1nc(CC(=O)[O-])cs1. The lowest BCUT2D eigenvalue weighted by atomic mass is 10.3. The van der Waals surface area contributed by atoms with Crippen molar-refractivity contribution in [3.8, 4) is 0 Å². The number of anilines is 1. The van der Waals surface area contributed by atoms with Crippen molar-refractivity contribution in [3.05, 3.63) is 11.1 Å². The summed E-state index contributed by atoms with van der Waals surface area (Å²) >= 11 is 1.17. The van der Waals surface area contributed by atoms with Gasteiger partial charge >= 0.3 is 0 Å². The molecule has 0 saturated carbocycles. The molecule has 0 aliphatic carbocycles. The van der Waals surface area contributed by atoms with Crippen molar-refractivity contribution in [1.82, 2.24) is 4.98 Å². The minimum Gasteiger partial charge on any atom is -0.550 e. The second-order valence-corrected chi connectivity index (χ2v) is 2.81. The molecule has 0 spiro atoms. The molecule has 1 aromatic rings. The Labute approximate surface area is 72.1 Å². The van der Waals surface area contributed by atoms with Crippen LogP contribution in [-0.2, 0) is 16.0 Å². The monoisotopic (exact) mass is 185 g/mol. The molecule has 0 aliphatic rings. The van der Waals surface area contributed by atoms with E-state index in [2.05, 4.69) is 10.3 Å². The molecule has 0 bridgehead atoms. The Hall–Kier alpha value is -1.43. The molecule has 1 aromatic heterocycles. The second-order valence-electron chi connectivity index (χ2n) is 1.95. The molecule has 1 heterocycles. The summed E-state index contributed by atoms with van der Waals surface area (Å²) in [7, 11) is 0. The van der Waals surface area contributed by atoms with Crippen LogP contribution in [0.2, 0.25) is 0 Å². The molecule has 1 amide bonds. The topological polar surface area (TPSA) is 82.1 Å². The minimum atomic E-state index is -1.18. The molecule has 1 rings (SSSR count). The highest BCUT2D eigenvalue weighted by Gasteiger charge is 2.00. The Morgan fingerprint density at radius 2 is 2.58 bits per heavy atom. The number of carboxylic acids is 1. The molecule has 0 saturated heterocycles. The van der Waals surface area contributed by atoms with Crippen molar-refractivity contribution < 1.29 is 14.7 Å². The van der Waals surface area contributed by atoms with Crippen LogP contribution in [0.3, 0.4) is 0 Å². The van der Waals surface area contributed by atoms with Crippen LogP contribution in [0, 0.1) is 0 Å². The van der Waals surface area contributed by atoms with Gasteiger partial charge in [0.15, 0.2) is 5.13 Å². The first-order valence-corrected chi connectivity index (χ1v) is 3.95. The Balaban J connectivity index is 2.63. The Morgan fingerprint density at radius 3 is 3.17 bits per heavy atom. The van der Waals surface area contributed by atoms with Gasteiger partial charge in [0.05, 0.1) is 5.69 Å². The van der Waals surface area contributed by atoms with Gasteiger partial charge < -0.3 is 15.2 Å². The highest BCUT2D eigenvalue weighted by Crippen LogP contribution is 2.14. The molecule has 0 aromatic carbocycles. The summed E-state index contributed by atoms with van der Waals surface area (Å²) in [6.45, 7) is 0. The maximum Gasteiger partial charge on any atom is 0.213 e. The molecule has 0 aliphatic heterocycles. The number of carbonyl (C=O) groups excluding carboxylic acids is 2. The number of nitrogens with one attached hydrogen (secondary N) is 1. The fourth-order valence-electron chi connectivity index (χ4n) is 0.653. The number of carboxylic acid groups (broad SMARTS) is 1. The maximum absolute atomic E-state index is 10.1. The van der Waals surface area contributed by atoms with Gasteiger partial charge in [-0.25, -0.2) is 4.98 Å². The number of nitrogens with zero attached hydrogens (tertiary/aromatic N) is 1. The van der Waals surface area contributed by atoms with Crippen LogP contribution >= 0.6 is 11.3 Å². The number of hydrogen-bond acceptors (Lipinski definition) is 5. The van der Waals surface area contributed by atoms with Crippen LogP contribution < -0.4 is 10.4 Å². The van der Waals surface area contributed by atoms with Crippen molar-refractivity contribution >= 4 is 28.8 Å². The normalized spacial score (nSPS) is 9.33. The first kappa shape index (κ1) is 8.66. The predicted octanol–water partition coefficient (Wildman–Crippen LogP) is -0.996. The van der Waals surface area contributed by atoms with E-state index >= 15 is 0 Å². The quantitative estimate of drug-likeness (QED) is 0.610. The van der Waals surface area contributed by atoms with E-state index in [0.717, 1.165) is 0 Å². The molecule has 6 heteroatoms. The molecule has 1 N–H and O–H groups in total. The molecule has 0 fully saturated rings. The fourth-order valence-corrected chi connectivity index (χ4v) is 1.32. The molecule has 12 heavy (non-hydrogen) atoms. The van der Waals surface area contributed by atoms with Crippen LogP contribution in [-0.4, -0.2) is 17.4 Å². The molecule has 64 valence electrons. The van der Waals surface area contributed by atoms with Crippen molar-refractivity contribution in [2.24, 2.45) is 0 Å². The zero-order chi connectivity index (χ0) is 8.97. The van der Waals surface area contributed by atoms with Gasteiger partial charge in [0.25, 0.3) is 0 Å². The summed E-state index contributed by atoms with van der Waals surface area (Å²) in [5, 5.41) is 14.4. The molecule has 5 nitrogen and oxygen atoms in total. The first-order valence-electron chi connectivity index (χ1n) is 3.07. The van der Waals surface area contributed by atoms with Gasteiger partial charge in [-0.2, -0.15) is 0 Å². The van der Waals surface area contributed by atoms with Crippen molar-refractivity contribution in [2.45, 2.75) is 6.42 Å². The highest BCUT2D eigenvalue weighted by molar-refractivity contribution is 7.13. The van der Waals surface area contributed by atoms with E-state index in [-0.39, 0.29) is 6.42 Å². The van der Waals surface area contributed by atoms with Gasteiger partial charge in [-0.15, -0.1) is 11.3 Å². The first-order chi connectivity index (χ1) is 5.72. The number of aliphatic carboxylic acids is 1. The van der Waals surface area contributed by atoms with Crippen molar-refractivity contribution in [3.63, 3.8) is 0 Å². The largest absolute Gasteiger partial charge is 0.550 e. The molecular formula is C6H5N2O3S-. The average molecular weight is 185 g/mol. The van der Waals surface area contributed by atoms with Crippen molar-refractivity contribution in [1.29, 1.82) is 0 Å². The molecule has 0 unspecified atom stereocenters. The lowest BCUT2D eigenvalue weighted by Crippen LogP contribution is -2.24. The average Bonchev–Trinajstić information content (AvgIpc) is 2.36. The van der Waals surface area contributed by atoms with Gasteiger partial charge in [0.1, 0.15) is 0 Å². The standard InChI is InChI=1S/C6H6N2O3S/c9-3-7-6-8-4(2-12-6)1-5(10)11/h2-3H,1H2,(H,10,11)(H,7,8,9)/p-1. The number of hydrogen-bond donors (Lipinski definition) is 1. The van der Waals surface area contributed by atoms with Crippen LogP contribution in [0.4, 0.5) is 5.13 Å². The lowest BCUT2D eigenvalue weighted by molar-refractivity contribution is -0.304. The Morgan fingerprint density at radius 1 is 1.83 bits per heavy atom. The number of aromatic nitrogens is 1. The third-order valence-corrected chi connectivity index (χ3v) is 1.88. The zero-order valence-electron chi connectivity index (χ0n) is 5.94. The summed E-state index contributed by atoms with van der Waals surface area (Å²) in [5.41, 5.74) is 0.393. The van der Waals surface area contributed by atoms with Crippen LogP contribution in [0.5, 0.6) is 0 Å². The van der Waals surface area contributed by atoms with E-state index in [1.807, 2.05) is 0 Å². The second kappa shape index (κ2) is 3.82. The van der Waals surface area contributed by atoms with E-state index in [0.29, 0.717) is 17.2 Å². The van der Waals surface area contributed by atoms with Gasteiger partial charge in [-0.1, -0.05) is 0 Å². The van der Waals surface area contributed by atoms with Gasteiger partial charge in [-0.05, 0) is 0 Å². The summed E-state index contributed by atoms with van der Waals surface area (Å²) < 4.78 is 0. The van der Waals surface area contributed by atoms with Crippen LogP contribution in [0.15, 0.2) is 5.38 Å². The molecule has 0 atom stereocenters. The van der Waals surface area contributed by atoms with Gasteiger partial charge in [0.2, 0.25) is 6.41 Å². The van der Waals surface area contributed by atoms with Gasteiger partial charge in [-0.3, -0.25) is 4.79 Å². The number of rotatable bonds is 4. The molecule has 0 radical (unpaired) electrons. The smallest absolute Gasteiger partial charge is 0.213 e. The van der Waals surface area contributed by atoms with E-state index < -0.39 is 5.97 Å². The lowest BCUT2D eigenvalue weighted by Gasteiger charge is -1.95. The van der Waals surface area contributed by atoms with Crippen LogP contribution in [0.1, 0.15) is 5.69 Å². The summed E-state index contributed by atoms with van der Waals surface area (Å²) in [6.07, 6.45) is 0.263. The molecular weight excluding hydrogens is 180 g/mol. The van der Waals surface area contributed by atoms with E-state index in [4.69, 9.17) is 0 Å². The number of amides is 1. The minimum absolute atomic E-state index is 0.225. The summed E-state index contributed by atoms with van der Waals surface area (Å²) in [5.74, 6) is -1.18. The Bertz CT molecular complexity index is 297. The summed E-state index contributed by atoms with van der Waals surface area (Å²) in [6, 6.07) is 0. The fraction of sp³-hybridized carbons (Fsp3) is 0.167. The van der Waals surface area contributed by atoms with E-state index in [1.54, 1.807) is 5.38 Å². The highest BCUT2D eigenvalue weighted by atomic mass is 32.1. The van der Waals surface area contributed by atoms with Crippen LogP contribution in [0.25, 0.3) is 0 Å². The van der Waals surface area contributed by atoms with E-state index in [9.17, 15) is 14.7 Å². The predicted molar refractivity (Wildman–Crippen MR) is 40.5 cm³/mol. The zero-order valence-corrected chi connectivity index (χ0v) is 6.76. The maximum atomic E-state index is 10.1. The number of thiazole rings is 1. The van der Waals surface area contributed by atoms with Crippen molar-refractivity contribution in [2.75, 3.05) is 5.32 Å². The third-order valence-electron chi connectivity index (χ3n) is 1.06. The third kappa shape index (κ3) is 2.31. The summed E-state index contributed by atoms with van der Waals surface area (Å²) in [4.78, 5) is 23.8. The van der Waals surface area contributed by atoms with E-state index in [1.165, 1.54) is 11.3 Å². The number of carbonyl (C=O) groups is 2. The Kier molecular flexibility index (Phi) is 2.76. The van der Waals surface area contributed by atoms with Gasteiger partial charge in [0, 0.05) is 17.8 Å².